The van der Waals surface area contributed by atoms with Crippen LogP contribution in [0, 0.1) is 6.92 Å². The van der Waals surface area contributed by atoms with E-state index in [1.165, 1.54) is 10.9 Å². The summed E-state index contributed by atoms with van der Waals surface area (Å²) in [7, 11) is 0. The van der Waals surface area contributed by atoms with Crippen molar-refractivity contribution in [3.63, 3.8) is 0 Å². The smallest absolute Gasteiger partial charge is 0.141 e. The molecule has 0 N–H and O–H groups in total. The Kier molecular flexibility index (Phi) is 2.47. The van der Waals surface area contributed by atoms with Crippen molar-refractivity contribution in [2.45, 2.75) is 26.8 Å². The van der Waals surface area contributed by atoms with Crippen LogP contribution in [0.1, 0.15) is 25.5 Å². The van der Waals surface area contributed by atoms with E-state index in [0.717, 1.165) is 16.9 Å². The Bertz CT molecular complexity index is 678. The van der Waals surface area contributed by atoms with Gasteiger partial charge in [0.25, 0.3) is 0 Å². The summed E-state index contributed by atoms with van der Waals surface area (Å²) in [6.07, 6.45) is 5.57. The third kappa shape index (κ3) is 1.63. The van der Waals surface area contributed by atoms with E-state index in [9.17, 15) is 0 Å². The molecule has 0 saturated carbocycles. The van der Waals surface area contributed by atoms with Gasteiger partial charge < -0.3 is 8.98 Å². The van der Waals surface area contributed by atoms with Gasteiger partial charge in [-0.25, -0.2) is 4.98 Å². The van der Waals surface area contributed by atoms with Gasteiger partial charge in [0.2, 0.25) is 0 Å². The molecule has 3 aromatic rings. The lowest BCUT2D eigenvalue weighted by molar-refractivity contribution is 0.568. The summed E-state index contributed by atoms with van der Waals surface area (Å²) in [5, 5.41) is 1.22. The quantitative estimate of drug-likeness (QED) is 0.672. The van der Waals surface area contributed by atoms with Crippen LogP contribution in [0.3, 0.4) is 0 Å². The number of furan rings is 1. The minimum atomic E-state index is 0.410. The van der Waals surface area contributed by atoms with Gasteiger partial charge in [0.05, 0.1) is 18.2 Å². The van der Waals surface area contributed by atoms with Crippen molar-refractivity contribution in [3.05, 3.63) is 42.5 Å². The fourth-order valence-electron chi connectivity index (χ4n) is 2.26. The third-order valence-corrected chi connectivity index (χ3v) is 3.25. The van der Waals surface area contributed by atoms with Crippen molar-refractivity contribution in [1.82, 2.24) is 9.55 Å². The van der Waals surface area contributed by atoms with Crippen molar-refractivity contribution < 1.29 is 4.42 Å². The van der Waals surface area contributed by atoms with E-state index < -0.39 is 0 Å². The maximum Gasteiger partial charge on any atom is 0.141 e. The van der Waals surface area contributed by atoms with Gasteiger partial charge in [0, 0.05) is 23.2 Å². The molecule has 0 unspecified atom stereocenters. The van der Waals surface area contributed by atoms with E-state index in [2.05, 4.69) is 37.6 Å². The molecule has 0 radical (unpaired) electrons. The molecule has 0 aromatic carbocycles. The second-order valence-electron chi connectivity index (χ2n) is 4.89. The van der Waals surface area contributed by atoms with Gasteiger partial charge in [-0.15, -0.1) is 0 Å². The van der Waals surface area contributed by atoms with Gasteiger partial charge in [0.1, 0.15) is 5.65 Å². The highest BCUT2D eigenvalue weighted by Gasteiger charge is 2.11. The maximum absolute atomic E-state index is 5.12. The van der Waals surface area contributed by atoms with Gasteiger partial charge in [-0.2, -0.15) is 0 Å². The molecule has 0 aliphatic heterocycles. The lowest BCUT2D eigenvalue weighted by Crippen LogP contribution is -2.00. The van der Waals surface area contributed by atoms with Gasteiger partial charge in [-0.05, 0) is 44.5 Å². The molecule has 0 bridgehead atoms. The number of aryl methyl sites for hydroxylation is 1. The summed E-state index contributed by atoms with van der Waals surface area (Å²) >= 11 is 0. The van der Waals surface area contributed by atoms with Crippen LogP contribution in [0.4, 0.5) is 0 Å². The molecule has 0 aliphatic carbocycles. The summed E-state index contributed by atoms with van der Waals surface area (Å²) in [5.74, 6) is 0. The first kappa shape index (κ1) is 11.1. The van der Waals surface area contributed by atoms with Crippen LogP contribution in [0.25, 0.3) is 22.3 Å². The molecular formula is C15H16N2O. The Balaban J connectivity index is 2.25. The van der Waals surface area contributed by atoms with Crippen LogP contribution in [-0.2, 0) is 0 Å². The van der Waals surface area contributed by atoms with Crippen molar-refractivity contribution in [1.29, 1.82) is 0 Å². The summed E-state index contributed by atoms with van der Waals surface area (Å²) in [5.41, 5.74) is 4.29. The molecule has 3 rings (SSSR count). The average molecular weight is 240 g/mol. The molecule has 0 atom stereocenters. The first-order chi connectivity index (χ1) is 8.66. The van der Waals surface area contributed by atoms with Crippen LogP contribution >= 0.6 is 0 Å². The minimum Gasteiger partial charge on any atom is -0.472 e. The molecule has 3 heteroatoms. The second kappa shape index (κ2) is 4.02. The summed E-state index contributed by atoms with van der Waals surface area (Å²) in [6, 6.07) is 6.53. The Hall–Kier alpha value is -2.03. The fraction of sp³-hybridized carbons (Fsp3) is 0.267. The van der Waals surface area contributed by atoms with Crippen LogP contribution < -0.4 is 0 Å². The number of nitrogens with zero attached hydrogens (tertiary/aromatic N) is 2. The zero-order chi connectivity index (χ0) is 12.7. The molecule has 0 aliphatic rings. The van der Waals surface area contributed by atoms with Crippen molar-refractivity contribution in [2.24, 2.45) is 0 Å². The van der Waals surface area contributed by atoms with Gasteiger partial charge in [0.15, 0.2) is 0 Å². The topological polar surface area (TPSA) is 31.0 Å². The standard InChI is InChI=1S/C15H16N2O/c1-10(2)17-8-11(3)13-4-5-14(16-15(13)17)12-6-7-18-9-12/h4-10H,1-3H3. The normalized spacial score (nSPS) is 11.6. The lowest BCUT2D eigenvalue weighted by atomic mass is 10.2. The monoisotopic (exact) mass is 240 g/mol. The summed E-state index contributed by atoms with van der Waals surface area (Å²) in [6.45, 7) is 6.47. The molecule has 0 spiro atoms. The number of rotatable bonds is 2. The zero-order valence-electron chi connectivity index (χ0n) is 10.8. The number of hydrogen-bond acceptors (Lipinski definition) is 2. The highest BCUT2D eigenvalue weighted by Crippen LogP contribution is 2.26. The highest BCUT2D eigenvalue weighted by atomic mass is 16.3. The molecule has 3 heterocycles. The summed E-state index contributed by atoms with van der Waals surface area (Å²) in [4.78, 5) is 4.76. The Labute approximate surface area is 106 Å². The molecule has 0 saturated heterocycles. The fourth-order valence-corrected chi connectivity index (χ4v) is 2.26. The second-order valence-corrected chi connectivity index (χ2v) is 4.89. The van der Waals surface area contributed by atoms with E-state index in [-0.39, 0.29) is 0 Å². The molecule has 3 nitrogen and oxygen atoms in total. The van der Waals surface area contributed by atoms with Crippen LogP contribution in [-0.4, -0.2) is 9.55 Å². The minimum absolute atomic E-state index is 0.410. The number of fused-ring (bicyclic) bond motifs is 1. The molecule has 18 heavy (non-hydrogen) atoms. The SMILES string of the molecule is Cc1cn(C(C)C)c2nc(-c3ccoc3)ccc12. The first-order valence-electron chi connectivity index (χ1n) is 6.17. The molecular weight excluding hydrogens is 224 g/mol. The lowest BCUT2D eigenvalue weighted by Gasteiger charge is -2.08. The zero-order valence-corrected chi connectivity index (χ0v) is 10.8. The van der Waals surface area contributed by atoms with Crippen LogP contribution in [0.2, 0.25) is 0 Å². The third-order valence-electron chi connectivity index (χ3n) is 3.25. The Morgan fingerprint density at radius 1 is 1.22 bits per heavy atom. The first-order valence-corrected chi connectivity index (χ1v) is 6.17. The van der Waals surface area contributed by atoms with Gasteiger partial charge in [-0.3, -0.25) is 0 Å². The number of hydrogen-bond donors (Lipinski definition) is 0. The van der Waals surface area contributed by atoms with Crippen molar-refractivity contribution in [2.75, 3.05) is 0 Å². The largest absolute Gasteiger partial charge is 0.472 e. The Morgan fingerprint density at radius 2 is 2.06 bits per heavy atom. The van der Waals surface area contributed by atoms with E-state index in [4.69, 9.17) is 9.40 Å². The van der Waals surface area contributed by atoms with Gasteiger partial charge in [-0.1, -0.05) is 0 Å². The van der Waals surface area contributed by atoms with Crippen LogP contribution in [0.5, 0.6) is 0 Å². The predicted octanol–water partition coefficient (Wildman–Crippen LogP) is 4.19. The summed E-state index contributed by atoms with van der Waals surface area (Å²) < 4.78 is 7.33. The Morgan fingerprint density at radius 3 is 2.72 bits per heavy atom. The number of pyridine rings is 1. The molecule has 0 fully saturated rings. The van der Waals surface area contributed by atoms with E-state index in [1.807, 2.05) is 12.1 Å². The predicted molar refractivity (Wildman–Crippen MR) is 72.6 cm³/mol. The highest BCUT2D eigenvalue weighted by molar-refractivity contribution is 5.83. The maximum atomic E-state index is 5.12. The molecule has 0 amide bonds. The number of aromatic nitrogens is 2. The van der Waals surface area contributed by atoms with E-state index in [0.29, 0.717) is 6.04 Å². The molecule has 92 valence electrons. The average Bonchev–Trinajstić information content (AvgIpc) is 2.97. The van der Waals surface area contributed by atoms with Crippen molar-refractivity contribution >= 4 is 11.0 Å². The van der Waals surface area contributed by atoms with Crippen molar-refractivity contribution in [3.8, 4) is 11.3 Å². The van der Waals surface area contributed by atoms with E-state index >= 15 is 0 Å². The van der Waals surface area contributed by atoms with Crippen LogP contribution in [0.15, 0.2) is 41.3 Å². The van der Waals surface area contributed by atoms with E-state index in [1.54, 1.807) is 12.5 Å². The molecule has 3 aromatic heterocycles. The van der Waals surface area contributed by atoms with Gasteiger partial charge >= 0.3 is 0 Å².